The third-order valence-electron chi connectivity index (χ3n) is 6.47. The number of ether oxygens (including phenoxy) is 1. The summed E-state index contributed by atoms with van der Waals surface area (Å²) in [5.74, 6) is -1.24. The first-order valence-corrected chi connectivity index (χ1v) is 9.77. The van der Waals surface area contributed by atoms with Gasteiger partial charge in [0.2, 0.25) is 0 Å². The molecule has 0 aromatic heterocycles. The molecule has 1 amide bonds. The molecule has 9 heteroatoms. The van der Waals surface area contributed by atoms with Gasteiger partial charge in [-0.05, 0) is 61.8 Å². The number of nitro benzene ring substituents is 1. The second-order valence-electron chi connectivity index (χ2n) is 8.99. The molecule has 0 saturated heterocycles. The molecular formula is C20H23FN2O6. The number of rotatable bonds is 6. The number of amides is 1. The number of nitrogens with zero attached hydrogens (tertiary/aromatic N) is 1. The fourth-order valence-electron chi connectivity index (χ4n) is 6.02. The molecule has 0 heterocycles. The lowest BCUT2D eigenvalue weighted by molar-refractivity contribution is -0.384. The average molecular weight is 406 g/mol. The van der Waals surface area contributed by atoms with E-state index in [1.807, 2.05) is 0 Å². The van der Waals surface area contributed by atoms with Crippen molar-refractivity contribution in [3.63, 3.8) is 0 Å². The Hall–Kier alpha value is -2.55. The normalized spacial score (nSPS) is 32.1. The zero-order valence-corrected chi connectivity index (χ0v) is 15.9. The van der Waals surface area contributed by atoms with Gasteiger partial charge in [-0.15, -0.1) is 0 Å². The van der Waals surface area contributed by atoms with E-state index >= 15 is 0 Å². The van der Waals surface area contributed by atoms with Gasteiger partial charge in [0.25, 0.3) is 11.6 Å². The highest BCUT2D eigenvalue weighted by Gasteiger charge is 2.57. The molecule has 0 radical (unpaired) electrons. The molecule has 1 aromatic carbocycles. The lowest BCUT2D eigenvalue weighted by Gasteiger charge is -2.60. The molecule has 0 aliphatic heterocycles. The topological polar surface area (TPSA) is 119 Å². The van der Waals surface area contributed by atoms with Gasteiger partial charge in [0.1, 0.15) is 5.82 Å². The molecule has 29 heavy (non-hydrogen) atoms. The number of anilines is 1. The highest BCUT2D eigenvalue weighted by molar-refractivity contribution is 5.93. The third-order valence-corrected chi connectivity index (χ3v) is 6.47. The summed E-state index contributed by atoms with van der Waals surface area (Å²) in [5, 5.41) is 23.7. The predicted molar refractivity (Wildman–Crippen MR) is 99.3 cm³/mol. The van der Waals surface area contributed by atoms with E-state index in [-0.39, 0.29) is 23.2 Å². The Kier molecular flexibility index (Phi) is 4.80. The van der Waals surface area contributed by atoms with Gasteiger partial charge in [-0.3, -0.25) is 19.7 Å². The molecule has 4 aliphatic carbocycles. The van der Waals surface area contributed by atoms with Crippen LogP contribution < -0.4 is 5.32 Å². The largest absolute Gasteiger partial charge is 0.456 e. The Balaban J connectivity index is 1.32. The van der Waals surface area contributed by atoms with Crippen molar-refractivity contribution in [2.24, 2.45) is 17.3 Å². The fourth-order valence-corrected chi connectivity index (χ4v) is 6.02. The van der Waals surface area contributed by atoms with Crippen LogP contribution in [0.5, 0.6) is 0 Å². The average Bonchev–Trinajstić information content (AvgIpc) is 2.59. The van der Waals surface area contributed by atoms with E-state index in [1.165, 1.54) is 0 Å². The van der Waals surface area contributed by atoms with Gasteiger partial charge < -0.3 is 15.2 Å². The zero-order chi connectivity index (χ0) is 20.8. The molecule has 4 saturated carbocycles. The fraction of sp³-hybridized carbons (Fsp3) is 0.600. The second-order valence-corrected chi connectivity index (χ2v) is 8.99. The molecule has 0 spiro atoms. The summed E-state index contributed by atoms with van der Waals surface area (Å²) < 4.78 is 18.8. The molecule has 4 atom stereocenters. The van der Waals surface area contributed by atoms with E-state index in [2.05, 4.69) is 5.32 Å². The van der Waals surface area contributed by atoms with Crippen molar-refractivity contribution in [3.05, 3.63) is 34.1 Å². The Labute approximate surface area is 166 Å². The number of aliphatic hydroxyl groups is 1. The van der Waals surface area contributed by atoms with Crippen LogP contribution in [0.15, 0.2) is 18.2 Å². The summed E-state index contributed by atoms with van der Waals surface area (Å²) in [6.45, 7) is -0.603. The van der Waals surface area contributed by atoms with E-state index in [9.17, 15) is 29.2 Å². The number of halogens is 1. The summed E-state index contributed by atoms with van der Waals surface area (Å²) in [7, 11) is 0. The molecule has 5 rings (SSSR count). The van der Waals surface area contributed by atoms with E-state index < -0.39 is 34.8 Å². The first-order valence-electron chi connectivity index (χ1n) is 9.77. The van der Waals surface area contributed by atoms with E-state index in [4.69, 9.17) is 4.74 Å². The lowest BCUT2D eigenvalue weighted by atomic mass is 9.47. The van der Waals surface area contributed by atoms with Crippen LogP contribution in [-0.4, -0.2) is 34.1 Å². The predicted octanol–water partition coefficient (Wildman–Crippen LogP) is 2.94. The molecular weight excluding hydrogens is 383 g/mol. The van der Waals surface area contributed by atoms with Crippen LogP contribution in [0.3, 0.4) is 0 Å². The van der Waals surface area contributed by atoms with E-state index in [1.54, 1.807) is 0 Å². The number of carbonyl (C=O) groups is 2. The van der Waals surface area contributed by atoms with Gasteiger partial charge in [-0.25, -0.2) is 4.39 Å². The Bertz CT molecular complexity index is 859. The van der Waals surface area contributed by atoms with Crippen LogP contribution in [0.25, 0.3) is 0 Å². The smallest absolute Gasteiger partial charge is 0.306 e. The number of carbonyl (C=O) groups excluding carboxylic acids is 2. The third kappa shape index (κ3) is 4.10. The molecule has 2 unspecified atom stereocenters. The van der Waals surface area contributed by atoms with Gasteiger partial charge in [0, 0.05) is 12.1 Å². The van der Waals surface area contributed by atoms with Crippen molar-refractivity contribution in [1.29, 1.82) is 0 Å². The van der Waals surface area contributed by atoms with Gasteiger partial charge in [-0.2, -0.15) is 0 Å². The number of nitrogens with one attached hydrogen (secondary N) is 1. The molecule has 4 fully saturated rings. The zero-order valence-electron chi connectivity index (χ0n) is 15.9. The molecule has 4 aliphatic rings. The highest BCUT2D eigenvalue weighted by Crippen LogP contribution is 2.62. The Morgan fingerprint density at radius 2 is 1.97 bits per heavy atom. The number of hydrogen-bond donors (Lipinski definition) is 2. The number of benzene rings is 1. The van der Waals surface area contributed by atoms with E-state index in [0.29, 0.717) is 18.3 Å². The standard InChI is InChI=1S/C20H23FN2O6/c21-15-2-1-14(23(27)28)4-16(15)22-17(24)10-29-18(25)9-19-5-12-3-13(6-19)8-20(26,7-12)11-19/h1-2,4,12-13,26H,3,5-11H2,(H,22,24)/t12-,13+,19?,20?. The Morgan fingerprint density at radius 3 is 2.59 bits per heavy atom. The van der Waals surface area contributed by atoms with Crippen molar-refractivity contribution < 1.29 is 28.7 Å². The second kappa shape index (κ2) is 7.05. The van der Waals surface area contributed by atoms with Gasteiger partial charge >= 0.3 is 5.97 Å². The van der Waals surface area contributed by atoms with Crippen LogP contribution in [0.4, 0.5) is 15.8 Å². The number of esters is 1. The maximum Gasteiger partial charge on any atom is 0.306 e. The van der Waals surface area contributed by atoms with Crippen LogP contribution in [0.1, 0.15) is 44.9 Å². The van der Waals surface area contributed by atoms with Crippen molar-refractivity contribution in [3.8, 4) is 0 Å². The van der Waals surface area contributed by atoms with Crippen LogP contribution >= 0.6 is 0 Å². The lowest BCUT2D eigenvalue weighted by Crippen LogP contribution is -2.56. The molecule has 4 bridgehead atoms. The molecule has 2 N–H and O–H groups in total. The minimum Gasteiger partial charge on any atom is -0.456 e. The Morgan fingerprint density at radius 1 is 1.28 bits per heavy atom. The van der Waals surface area contributed by atoms with Gasteiger partial charge in [0.05, 0.1) is 22.6 Å². The summed E-state index contributed by atoms with van der Waals surface area (Å²) in [5.41, 5.74) is -1.65. The van der Waals surface area contributed by atoms with Crippen LogP contribution in [0.2, 0.25) is 0 Å². The van der Waals surface area contributed by atoms with Crippen molar-refractivity contribution >= 4 is 23.3 Å². The summed E-state index contributed by atoms with van der Waals surface area (Å²) in [6.07, 6.45) is 5.25. The van der Waals surface area contributed by atoms with Crippen molar-refractivity contribution in [2.45, 2.75) is 50.5 Å². The molecule has 156 valence electrons. The number of hydrogen-bond acceptors (Lipinski definition) is 6. The molecule has 1 aromatic rings. The highest BCUT2D eigenvalue weighted by atomic mass is 19.1. The SMILES string of the molecule is O=C(COC(=O)CC12C[C@@H]3C[C@@H](CC(O)(C3)C1)C2)Nc1cc([N+](=O)[O-])ccc1F. The van der Waals surface area contributed by atoms with Gasteiger partial charge in [0.15, 0.2) is 6.61 Å². The number of non-ortho nitro benzene ring substituents is 1. The summed E-state index contributed by atoms with van der Waals surface area (Å²) in [6, 6.07) is 2.78. The summed E-state index contributed by atoms with van der Waals surface area (Å²) in [4.78, 5) is 34.4. The summed E-state index contributed by atoms with van der Waals surface area (Å²) >= 11 is 0. The van der Waals surface area contributed by atoms with Crippen LogP contribution in [0, 0.1) is 33.2 Å². The maximum atomic E-state index is 13.7. The van der Waals surface area contributed by atoms with Crippen LogP contribution in [-0.2, 0) is 14.3 Å². The maximum absolute atomic E-state index is 13.7. The van der Waals surface area contributed by atoms with Crippen molar-refractivity contribution in [1.82, 2.24) is 0 Å². The number of nitro groups is 1. The monoisotopic (exact) mass is 406 g/mol. The first-order chi connectivity index (χ1) is 13.7. The van der Waals surface area contributed by atoms with E-state index in [0.717, 1.165) is 50.3 Å². The molecule has 8 nitrogen and oxygen atoms in total. The van der Waals surface area contributed by atoms with Crippen molar-refractivity contribution in [2.75, 3.05) is 11.9 Å². The quantitative estimate of drug-likeness (QED) is 0.426. The van der Waals surface area contributed by atoms with Gasteiger partial charge in [-0.1, -0.05) is 0 Å². The minimum absolute atomic E-state index is 0.154. The minimum atomic E-state index is -0.822. The first kappa shape index (κ1) is 19.8.